The molecule has 2 aromatic carbocycles. The number of hydrogen-bond acceptors (Lipinski definition) is 3. The van der Waals surface area contributed by atoms with Gasteiger partial charge in [0, 0.05) is 11.3 Å². The molecule has 1 N–H and O–H groups in total. The fourth-order valence-electron chi connectivity index (χ4n) is 2.23. The highest BCUT2D eigenvalue weighted by Gasteiger charge is 2.18. The Balaban J connectivity index is 1.88. The van der Waals surface area contributed by atoms with Gasteiger partial charge in [-0.2, -0.15) is 0 Å². The van der Waals surface area contributed by atoms with Crippen molar-refractivity contribution in [1.82, 2.24) is 4.98 Å². The first-order valence-corrected chi connectivity index (χ1v) is 7.02. The van der Waals surface area contributed by atoms with E-state index in [1.165, 1.54) is 6.39 Å². The van der Waals surface area contributed by atoms with E-state index in [4.69, 9.17) is 4.42 Å². The molecule has 0 atom stereocenters. The largest absolute Gasteiger partial charge is 0.443 e. The van der Waals surface area contributed by atoms with Gasteiger partial charge >= 0.3 is 0 Å². The second kappa shape index (κ2) is 5.85. The molecule has 0 bridgehead atoms. The van der Waals surface area contributed by atoms with Crippen LogP contribution in [0.5, 0.6) is 0 Å². The smallest absolute Gasteiger partial charge is 0.278 e. The average Bonchev–Trinajstić information content (AvgIpc) is 2.99. The van der Waals surface area contributed by atoms with Crippen LogP contribution >= 0.6 is 0 Å². The highest BCUT2D eigenvalue weighted by molar-refractivity contribution is 6.06. The highest BCUT2D eigenvalue weighted by atomic mass is 16.3. The van der Waals surface area contributed by atoms with E-state index in [-0.39, 0.29) is 11.6 Å². The van der Waals surface area contributed by atoms with Gasteiger partial charge in [-0.3, -0.25) is 4.79 Å². The van der Waals surface area contributed by atoms with Gasteiger partial charge < -0.3 is 9.73 Å². The third-order valence-electron chi connectivity index (χ3n) is 3.37. The van der Waals surface area contributed by atoms with Crippen LogP contribution in [0.3, 0.4) is 0 Å². The maximum Gasteiger partial charge on any atom is 0.278 e. The van der Waals surface area contributed by atoms with Crippen molar-refractivity contribution in [2.75, 3.05) is 5.32 Å². The molecule has 0 saturated carbocycles. The van der Waals surface area contributed by atoms with Gasteiger partial charge in [0.15, 0.2) is 17.8 Å². The summed E-state index contributed by atoms with van der Waals surface area (Å²) >= 11 is 0. The summed E-state index contributed by atoms with van der Waals surface area (Å²) in [5.74, 6) is 0.197. The topological polar surface area (TPSA) is 55.1 Å². The molecule has 3 aromatic rings. The number of hydrogen-bond donors (Lipinski definition) is 1. The van der Waals surface area contributed by atoms with Gasteiger partial charge in [0.05, 0.1) is 0 Å². The van der Waals surface area contributed by atoms with Gasteiger partial charge in [0.1, 0.15) is 0 Å². The fraction of sp³-hybridized carbons (Fsp3) is 0.111. The summed E-state index contributed by atoms with van der Waals surface area (Å²) < 4.78 is 5.41. The van der Waals surface area contributed by atoms with Crippen molar-refractivity contribution in [2.45, 2.75) is 13.8 Å². The lowest BCUT2D eigenvalue weighted by molar-refractivity contribution is 0.102. The molecular weight excluding hydrogens is 276 g/mol. The van der Waals surface area contributed by atoms with E-state index in [0.29, 0.717) is 5.76 Å². The molecule has 4 nitrogen and oxygen atoms in total. The third kappa shape index (κ3) is 2.91. The number of nitrogens with zero attached hydrogens (tertiary/aromatic N) is 1. The Morgan fingerprint density at radius 1 is 1.05 bits per heavy atom. The molecule has 1 heterocycles. The highest BCUT2D eigenvalue weighted by Crippen LogP contribution is 2.24. The monoisotopic (exact) mass is 292 g/mol. The molecule has 1 amide bonds. The lowest BCUT2D eigenvalue weighted by Crippen LogP contribution is -2.13. The minimum atomic E-state index is -0.283. The summed E-state index contributed by atoms with van der Waals surface area (Å²) in [7, 11) is 0. The fourth-order valence-corrected chi connectivity index (χ4v) is 2.23. The second-order valence-corrected chi connectivity index (χ2v) is 5.22. The number of carbonyl (C=O) groups excluding carboxylic acids is 1. The molecule has 22 heavy (non-hydrogen) atoms. The van der Waals surface area contributed by atoms with E-state index in [2.05, 4.69) is 10.3 Å². The Labute approximate surface area is 128 Å². The molecule has 0 aliphatic rings. The van der Waals surface area contributed by atoms with Crippen LogP contribution < -0.4 is 5.32 Å². The van der Waals surface area contributed by atoms with Crippen molar-refractivity contribution >= 4 is 11.6 Å². The molecule has 0 aliphatic heterocycles. The van der Waals surface area contributed by atoms with E-state index in [1.807, 2.05) is 62.4 Å². The van der Waals surface area contributed by atoms with E-state index in [0.717, 1.165) is 22.4 Å². The van der Waals surface area contributed by atoms with Gasteiger partial charge in [-0.1, -0.05) is 41.5 Å². The van der Waals surface area contributed by atoms with Gasteiger partial charge in [0.2, 0.25) is 0 Å². The standard InChI is InChI=1S/C18H16N2O2/c1-12-6-8-15(9-7-12)20-18(21)16-17(22-11-19-16)14-5-3-4-13(2)10-14/h3-11H,1-2H3,(H,20,21). The minimum Gasteiger partial charge on any atom is -0.443 e. The Morgan fingerprint density at radius 3 is 2.55 bits per heavy atom. The number of anilines is 1. The summed E-state index contributed by atoms with van der Waals surface area (Å²) in [6, 6.07) is 15.4. The number of benzene rings is 2. The summed E-state index contributed by atoms with van der Waals surface area (Å²) in [6.45, 7) is 3.99. The summed E-state index contributed by atoms with van der Waals surface area (Å²) in [5, 5.41) is 2.83. The second-order valence-electron chi connectivity index (χ2n) is 5.22. The number of nitrogens with one attached hydrogen (secondary N) is 1. The molecule has 3 rings (SSSR count). The summed E-state index contributed by atoms with van der Waals surface area (Å²) in [6.07, 6.45) is 1.29. The van der Waals surface area contributed by atoms with Crippen molar-refractivity contribution in [3.63, 3.8) is 0 Å². The van der Waals surface area contributed by atoms with Crippen LogP contribution in [0.25, 0.3) is 11.3 Å². The van der Waals surface area contributed by atoms with Crippen LogP contribution in [0.2, 0.25) is 0 Å². The summed E-state index contributed by atoms with van der Waals surface area (Å²) in [5.41, 5.74) is 4.09. The zero-order valence-corrected chi connectivity index (χ0v) is 12.5. The van der Waals surface area contributed by atoms with E-state index in [1.54, 1.807) is 0 Å². The Hall–Kier alpha value is -2.88. The lowest BCUT2D eigenvalue weighted by atomic mass is 10.1. The Kier molecular flexibility index (Phi) is 3.74. The molecule has 0 aliphatic carbocycles. The first kappa shape index (κ1) is 14.1. The van der Waals surface area contributed by atoms with Crippen LogP contribution in [-0.2, 0) is 0 Å². The lowest BCUT2D eigenvalue weighted by Gasteiger charge is -2.05. The predicted molar refractivity (Wildman–Crippen MR) is 85.8 cm³/mol. The van der Waals surface area contributed by atoms with Crippen LogP contribution in [0.1, 0.15) is 21.6 Å². The number of oxazole rings is 1. The number of amides is 1. The maximum atomic E-state index is 12.4. The van der Waals surface area contributed by atoms with Crippen LogP contribution in [0.15, 0.2) is 59.3 Å². The Morgan fingerprint density at radius 2 is 1.82 bits per heavy atom. The predicted octanol–water partition coefficient (Wildman–Crippen LogP) is 4.21. The summed E-state index contributed by atoms with van der Waals surface area (Å²) in [4.78, 5) is 16.5. The average molecular weight is 292 g/mol. The van der Waals surface area contributed by atoms with E-state index in [9.17, 15) is 4.79 Å². The number of carbonyl (C=O) groups is 1. The third-order valence-corrected chi connectivity index (χ3v) is 3.37. The SMILES string of the molecule is Cc1ccc(NC(=O)c2ncoc2-c2cccc(C)c2)cc1. The van der Waals surface area contributed by atoms with Crippen LogP contribution in [-0.4, -0.2) is 10.9 Å². The molecule has 0 unspecified atom stereocenters. The first-order chi connectivity index (χ1) is 10.6. The normalized spacial score (nSPS) is 10.5. The molecule has 4 heteroatoms. The Bertz CT molecular complexity index is 804. The number of rotatable bonds is 3. The van der Waals surface area contributed by atoms with Gasteiger partial charge in [-0.05, 0) is 32.0 Å². The molecule has 0 fully saturated rings. The van der Waals surface area contributed by atoms with Crippen molar-refractivity contribution in [2.24, 2.45) is 0 Å². The molecule has 0 radical (unpaired) electrons. The molecular formula is C18H16N2O2. The van der Waals surface area contributed by atoms with Gasteiger partial charge in [0.25, 0.3) is 5.91 Å². The van der Waals surface area contributed by atoms with Gasteiger partial charge in [-0.25, -0.2) is 4.98 Å². The van der Waals surface area contributed by atoms with E-state index >= 15 is 0 Å². The van der Waals surface area contributed by atoms with Crippen molar-refractivity contribution in [1.29, 1.82) is 0 Å². The van der Waals surface area contributed by atoms with Crippen molar-refractivity contribution in [3.8, 4) is 11.3 Å². The van der Waals surface area contributed by atoms with Gasteiger partial charge in [-0.15, -0.1) is 0 Å². The quantitative estimate of drug-likeness (QED) is 0.786. The van der Waals surface area contributed by atoms with E-state index < -0.39 is 0 Å². The molecule has 0 spiro atoms. The zero-order chi connectivity index (χ0) is 15.5. The van der Waals surface area contributed by atoms with Crippen LogP contribution in [0.4, 0.5) is 5.69 Å². The first-order valence-electron chi connectivity index (χ1n) is 7.02. The zero-order valence-electron chi connectivity index (χ0n) is 12.5. The van der Waals surface area contributed by atoms with Crippen molar-refractivity contribution < 1.29 is 9.21 Å². The number of aryl methyl sites for hydroxylation is 2. The molecule has 110 valence electrons. The molecule has 1 aromatic heterocycles. The van der Waals surface area contributed by atoms with Crippen molar-refractivity contribution in [3.05, 3.63) is 71.7 Å². The molecule has 0 saturated heterocycles. The van der Waals surface area contributed by atoms with Crippen LogP contribution in [0, 0.1) is 13.8 Å². The minimum absolute atomic E-state index is 0.283. The maximum absolute atomic E-state index is 12.4. The number of aromatic nitrogens is 1.